The molecule has 0 aromatic heterocycles. The molecule has 0 aromatic carbocycles. The first-order valence-electron chi connectivity index (χ1n) is 21.3. The number of aliphatic hydroxyl groups excluding tert-OH is 4. The molecule has 0 spiro atoms. The van der Waals surface area contributed by atoms with Gasteiger partial charge in [-0.15, -0.1) is 0 Å². The van der Waals surface area contributed by atoms with E-state index in [2.05, 4.69) is 0 Å². The number of hydrogen-bond donors (Lipinski definition) is 8. The van der Waals surface area contributed by atoms with Gasteiger partial charge in [-0.2, -0.15) is 0 Å². The zero-order chi connectivity index (χ0) is 47.1. The van der Waals surface area contributed by atoms with E-state index in [0.717, 1.165) is 0 Å². The maximum atomic E-state index is 14.2. The second-order valence-corrected chi connectivity index (χ2v) is 18.6. The molecule has 0 saturated carbocycles. The molecule has 10 N–H and O–H groups in total. The first-order chi connectivity index (χ1) is 27.9. The third kappa shape index (κ3) is 14.7. The average molecular weight is 901 g/mol. The van der Waals surface area contributed by atoms with Gasteiger partial charge >= 0.3 is 17.9 Å². The molecule has 62 heavy (non-hydrogen) atoms. The molecule has 0 aliphatic carbocycles. The molecule has 3 heterocycles. The van der Waals surface area contributed by atoms with E-state index < -0.39 is 120 Å². The lowest BCUT2D eigenvalue weighted by Gasteiger charge is -2.48. The quantitative estimate of drug-likeness (QED) is 0.134. The van der Waals surface area contributed by atoms with Crippen LogP contribution in [0, 0.1) is 17.8 Å². The second-order valence-electron chi connectivity index (χ2n) is 18.6. The van der Waals surface area contributed by atoms with Crippen molar-refractivity contribution >= 4 is 17.9 Å². The van der Waals surface area contributed by atoms with Gasteiger partial charge in [0.1, 0.15) is 30.0 Å². The fourth-order valence-corrected chi connectivity index (χ4v) is 8.99. The number of nitrogens with zero attached hydrogens (tertiary/aromatic N) is 2. The molecule has 3 aliphatic rings. The largest absolute Gasteiger partial charge is 0.481 e. The summed E-state index contributed by atoms with van der Waals surface area (Å²) in [5.74, 6) is -5.43. The van der Waals surface area contributed by atoms with Crippen molar-refractivity contribution in [3.8, 4) is 0 Å². The zero-order valence-electron chi connectivity index (χ0n) is 39.1. The fourth-order valence-electron chi connectivity index (χ4n) is 8.99. The standard InChI is InChI=1S/C38H72N2O12.C4H6O5.H2O/c1-15-27-38(10,46)31(42)24(6)40(13)19-20(2)17-36(8,45)33(52-35-29(41)26(39(11)12)16-21(3)48-35)22(4)30(23(5)34(44)50-27)51-28-18-37(9,47-14)32(43)25(7)49-28;5-2(4(8)9)1-3(6)7;/h20-33,35,41-43,45-46H,15-19H2,1-14H3;2,5H,1H2,(H,6,7)(H,8,9);1H2/t20-,21-,22+,23-,24-,25+,26+,27-,28+,29-,30+,31-,32+,33-,35+,36-,37-,38-;;/m1../s1. The number of hydrogen-bond acceptors (Lipinski definition) is 17. The topological polar surface area (TPSA) is 306 Å². The van der Waals surface area contributed by atoms with Crippen molar-refractivity contribution in [1.29, 1.82) is 0 Å². The summed E-state index contributed by atoms with van der Waals surface area (Å²) in [6, 6.07) is -0.808. The highest BCUT2D eigenvalue weighted by Gasteiger charge is 2.52. The predicted molar refractivity (Wildman–Crippen MR) is 224 cm³/mol. The summed E-state index contributed by atoms with van der Waals surface area (Å²) >= 11 is 0. The van der Waals surface area contributed by atoms with Gasteiger partial charge in [0.05, 0.1) is 48.0 Å². The van der Waals surface area contributed by atoms with Gasteiger partial charge < -0.3 is 84.5 Å². The van der Waals surface area contributed by atoms with Crippen LogP contribution in [0.3, 0.4) is 0 Å². The number of aliphatic carboxylic acids is 2. The third-order valence-corrected chi connectivity index (χ3v) is 12.9. The first kappa shape index (κ1) is 57.9. The zero-order valence-corrected chi connectivity index (χ0v) is 39.1. The molecule has 0 radical (unpaired) electrons. The molecule has 0 aromatic rings. The molecular weight excluding hydrogens is 820 g/mol. The Morgan fingerprint density at radius 2 is 1.53 bits per heavy atom. The number of aliphatic hydroxyl groups is 6. The van der Waals surface area contributed by atoms with Gasteiger partial charge in [-0.1, -0.05) is 20.8 Å². The number of carboxylic acids is 2. The molecule has 20 heteroatoms. The minimum atomic E-state index is -1.80. The van der Waals surface area contributed by atoms with Crippen molar-refractivity contribution in [3.63, 3.8) is 0 Å². The van der Waals surface area contributed by atoms with E-state index in [1.807, 2.05) is 51.7 Å². The number of carbonyl (C=O) groups excluding carboxylic acids is 1. The van der Waals surface area contributed by atoms with E-state index in [4.69, 9.17) is 43.7 Å². The van der Waals surface area contributed by atoms with Crippen LogP contribution in [0.15, 0.2) is 0 Å². The van der Waals surface area contributed by atoms with E-state index in [1.165, 1.54) is 14.0 Å². The average Bonchev–Trinajstić information content (AvgIpc) is 3.15. The van der Waals surface area contributed by atoms with Gasteiger partial charge in [-0.25, -0.2) is 4.79 Å². The lowest BCUT2D eigenvalue weighted by Crippen LogP contribution is -2.60. The smallest absolute Gasteiger partial charge is 0.333 e. The number of ether oxygens (including phenoxy) is 6. The summed E-state index contributed by atoms with van der Waals surface area (Å²) in [7, 11) is 7.12. The van der Waals surface area contributed by atoms with Gasteiger partial charge in [0, 0.05) is 38.1 Å². The summed E-state index contributed by atoms with van der Waals surface area (Å²) in [4.78, 5) is 37.5. The highest BCUT2D eigenvalue weighted by Crippen LogP contribution is 2.40. The highest BCUT2D eigenvalue weighted by atomic mass is 16.7. The van der Waals surface area contributed by atoms with Crippen LogP contribution in [0.4, 0.5) is 0 Å². The van der Waals surface area contributed by atoms with Gasteiger partial charge in [0.25, 0.3) is 0 Å². The van der Waals surface area contributed by atoms with E-state index in [9.17, 15) is 39.9 Å². The highest BCUT2D eigenvalue weighted by molar-refractivity contribution is 5.79. The Kier molecular flexibility index (Phi) is 22.3. The number of carboxylic acid groups (broad SMARTS) is 2. The van der Waals surface area contributed by atoms with Crippen LogP contribution in [0.1, 0.15) is 101 Å². The number of cyclic esters (lactones) is 1. The predicted octanol–water partition coefficient (Wildman–Crippen LogP) is -0.0174. The Morgan fingerprint density at radius 3 is 2.02 bits per heavy atom. The van der Waals surface area contributed by atoms with Gasteiger partial charge in [-0.05, 0) is 94.8 Å². The number of carbonyl (C=O) groups is 3. The maximum absolute atomic E-state index is 14.2. The van der Waals surface area contributed by atoms with Crippen molar-refractivity contribution in [2.24, 2.45) is 17.8 Å². The summed E-state index contributed by atoms with van der Waals surface area (Å²) in [6.07, 6.45) is -10.7. The van der Waals surface area contributed by atoms with Gasteiger partial charge in [0.15, 0.2) is 18.7 Å². The van der Waals surface area contributed by atoms with Crippen LogP contribution >= 0.6 is 0 Å². The van der Waals surface area contributed by atoms with Crippen LogP contribution in [-0.2, 0) is 42.8 Å². The lowest BCUT2D eigenvalue weighted by molar-refractivity contribution is -0.318. The van der Waals surface area contributed by atoms with E-state index in [-0.39, 0.29) is 42.8 Å². The summed E-state index contributed by atoms with van der Waals surface area (Å²) in [5, 5.41) is 82.3. The van der Waals surface area contributed by atoms with E-state index in [1.54, 1.807) is 41.5 Å². The van der Waals surface area contributed by atoms with Crippen molar-refractivity contribution in [3.05, 3.63) is 0 Å². The molecule has 0 bridgehead atoms. The molecular formula is C42H80N2O18. The van der Waals surface area contributed by atoms with Gasteiger partial charge in [-0.3, -0.25) is 9.59 Å². The molecule has 0 amide bonds. The molecule has 3 saturated heterocycles. The second kappa shape index (κ2) is 23.9. The third-order valence-electron chi connectivity index (χ3n) is 12.9. The van der Waals surface area contributed by atoms with Crippen molar-refractivity contribution in [1.82, 2.24) is 9.80 Å². The minimum absolute atomic E-state index is 0. The van der Waals surface area contributed by atoms with Crippen LogP contribution in [0.2, 0.25) is 0 Å². The molecule has 3 aliphatic heterocycles. The van der Waals surface area contributed by atoms with E-state index >= 15 is 0 Å². The molecule has 19 atom stereocenters. The maximum Gasteiger partial charge on any atom is 0.333 e. The summed E-state index contributed by atoms with van der Waals surface area (Å²) in [6.45, 7) is 18.0. The lowest BCUT2D eigenvalue weighted by atomic mass is 9.77. The molecule has 3 rings (SSSR count). The van der Waals surface area contributed by atoms with Crippen LogP contribution in [0.25, 0.3) is 0 Å². The Labute approximate surface area is 366 Å². The Morgan fingerprint density at radius 1 is 0.952 bits per heavy atom. The van der Waals surface area contributed by atoms with Crippen LogP contribution < -0.4 is 0 Å². The number of rotatable bonds is 10. The number of likely N-dealkylation sites (N-methyl/N-ethyl adjacent to an activating group) is 2. The Hall–Kier alpha value is -2.15. The Balaban J connectivity index is 0.00000172. The fraction of sp³-hybridized carbons (Fsp3) is 0.929. The monoisotopic (exact) mass is 901 g/mol. The summed E-state index contributed by atoms with van der Waals surface area (Å²) in [5.41, 5.74) is -4.37. The van der Waals surface area contributed by atoms with Crippen molar-refractivity contribution in [2.45, 2.75) is 198 Å². The van der Waals surface area contributed by atoms with E-state index in [0.29, 0.717) is 13.0 Å². The van der Waals surface area contributed by atoms with Crippen LogP contribution in [0.5, 0.6) is 0 Å². The molecule has 20 nitrogen and oxygen atoms in total. The van der Waals surface area contributed by atoms with Crippen LogP contribution in [-0.4, -0.2) is 205 Å². The molecule has 3 fully saturated rings. The molecule has 1 unspecified atom stereocenters. The summed E-state index contributed by atoms with van der Waals surface area (Å²) < 4.78 is 37.5. The normalized spacial score (nSPS) is 43.4. The van der Waals surface area contributed by atoms with Crippen molar-refractivity contribution in [2.75, 3.05) is 34.8 Å². The number of esters is 1. The first-order valence-corrected chi connectivity index (χ1v) is 21.3. The molecule has 366 valence electrons. The van der Waals surface area contributed by atoms with Crippen molar-refractivity contribution < 1.29 is 89.1 Å². The SMILES string of the molecule is CC[C@H]1OC(=O)[C@H](C)[C@@H](O[C@H]2C[C@@](C)(OC)[C@@H](O)[C@H](C)O2)[C@H](C)[C@@H](O[C@@H]2O[C@H](C)C[C@H](N(C)C)[C@H]2O)[C@](C)(O)C[C@@H](C)CN(C)[C@H](C)[C@@H](O)[C@]1(C)O.O.O=C(O)CC(O)C(=O)O. The number of methoxy groups -OCH3 is 1. The minimum Gasteiger partial charge on any atom is -0.481 e. The Bertz CT molecular complexity index is 1400. The van der Waals surface area contributed by atoms with Gasteiger partial charge in [0.2, 0.25) is 0 Å².